The Bertz CT molecular complexity index is 674. The first-order chi connectivity index (χ1) is 12.0. The molecule has 2 aromatic rings. The van der Waals surface area contributed by atoms with E-state index in [2.05, 4.69) is 21.2 Å². The summed E-state index contributed by atoms with van der Waals surface area (Å²) in [6, 6.07) is 15.0. The molecule has 0 aliphatic carbocycles. The first kappa shape index (κ1) is 19.4. The van der Waals surface area contributed by atoms with E-state index in [0.29, 0.717) is 18.7 Å². The van der Waals surface area contributed by atoms with Crippen molar-refractivity contribution in [2.75, 3.05) is 27.2 Å². The summed E-state index contributed by atoms with van der Waals surface area (Å²) in [5.74, 6) is 0.634. The second-order valence-electron chi connectivity index (χ2n) is 5.89. The molecule has 0 spiro atoms. The van der Waals surface area contributed by atoms with Crippen molar-refractivity contribution >= 4 is 21.8 Å². The average molecular weight is 407 g/mol. The van der Waals surface area contributed by atoms with Gasteiger partial charge in [0.1, 0.15) is 18.5 Å². The number of benzene rings is 2. The highest BCUT2D eigenvalue weighted by molar-refractivity contribution is 9.10. The Balaban J connectivity index is 1.77. The minimum Gasteiger partial charge on any atom is -0.491 e. The highest BCUT2D eigenvalue weighted by Crippen LogP contribution is 2.16. The molecule has 2 N–H and O–H groups in total. The predicted molar refractivity (Wildman–Crippen MR) is 102 cm³/mol. The van der Waals surface area contributed by atoms with Crippen LogP contribution in [0.5, 0.6) is 5.75 Å². The Morgan fingerprint density at radius 2 is 1.84 bits per heavy atom. The van der Waals surface area contributed by atoms with Crippen molar-refractivity contribution in [3.8, 4) is 5.75 Å². The maximum absolute atomic E-state index is 11.5. The van der Waals surface area contributed by atoms with Crippen molar-refractivity contribution in [3.63, 3.8) is 0 Å². The van der Waals surface area contributed by atoms with Crippen molar-refractivity contribution in [3.05, 3.63) is 64.1 Å². The fourth-order valence-corrected chi connectivity index (χ4v) is 2.68. The van der Waals surface area contributed by atoms with Gasteiger partial charge in [-0.2, -0.15) is 0 Å². The van der Waals surface area contributed by atoms with Crippen LogP contribution in [0.3, 0.4) is 0 Å². The summed E-state index contributed by atoms with van der Waals surface area (Å²) in [5, 5.41) is 12.7. The van der Waals surface area contributed by atoms with E-state index in [0.717, 1.165) is 15.8 Å². The third kappa shape index (κ3) is 6.49. The molecule has 0 radical (unpaired) electrons. The maximum atomic E-state index is 11.5. The molecule has 1 unspecified atom stereocenters. The van der Waals surface area contributed by atoms with Crippen molar-refractivity contribution in [1.82, 2.24) is 10.2 Å². The van der Waals surface area contributed by atoms with Crippen LogP contribution in [0.15, 0.2) is 53.0 Å². The van der Waals surface area contributed by atoms with Gasteiger partial charge in [0, 0.05) is 30.2 Å². The maximum Gasteiger partial charge on any atom is 0.251 e. The number of nitrogens with one attached hydrogen (secondary N) is 1. The van der Waals surface area contributed by atoms with Crippen LogP contribution in [0.2, 0.25) is 0 Å². The van der Waals surface area contributed by atoms with Crippen LogP contribution < -0.4 is 10.1 Å². The summed E-state index contributed by atoms with van der Waals surface area (Å²) < 4.78 is 6.57. The molecule has 5 nitrogen and oxygen atoms in total. The molecule has 6 heteroatoms. The van der Waals surface area contributed by atoms with Crippen LogP contribution >= 0.6 is 15.9 Å². The number of rotatable bonds is 8. The van der Waals surface area contributed by atoms with Gasteiger partial charge in [0.05, 0.1) is 0 Å². The van der Waals surface area contributed by atoms with Crippen molar-refractivity contribution in [1.29, 1.82) is 0 Å². The minimum absolute atomic E-state index is 0.0968. The Kier molecular flexibility index (Phi) is 7.43. The lowest BCUT2D eigenvalue weighted by atomic mass is 10.1. The number of aliphatic hydroxyl groups excluding tert-OH is 1. The van der Waals surface area contributed by atoms with Gasteiger partial charge in [-0.3, -0.25) is 9.69 Å². The van der Waals surface area contributed by atoms with Gasteiger partial charge in [0.25, 0.3) is 5.91 Å². The Hall–Kier alpha value is -1.89. The van der Waals surface area contributed by atoms with Gasteiger partial charge in [-0.25, -0.2) is 0 Å². The number of amides is 1. The Morgan fingerprint density at radius 1 is 1.20 bits per heavy atom. The number of likely N-dealkylation sites (N-methyl/N-ethyl adjacent to an activating group) is 1. The normalized spacial score (nSPS) is 12.0. The zero-order valence-corrected chi connectivity index (χ0v) is 16.0. The van der Waals surface area contributed by atoms with Crippen molar-refractivity contribution in [2.45, 2.75) is 12.6 Å². The first-order valence-electron chi connectivity index (χ1n) is 8.04. The van der Waals surface area contributed by atoms with E-state index in [9.17, 15) is 9.90 Å². The molecule has 0 aromatic heterocycles. The van der Waals surface area contributed by atoms with E-state index in [-0.39, 0.29) is 12.5 Å². The van der Waals surface area contributed by atoms with Gasteiger partial charge in [-0.05, 0) is 49.0 Å². The summed E-state index contributed by atoms with van der Waals surface area (Å²) in [6.07, 6.45) is -0.584. The molecular weight excluding hydrogens is 384 g/mol. The zero-order chi connectivity index (χ0) is 18.2. The summed E-state index contributed by atoms with van der Waals surface area (Å²) >= 11 is 3.37. The first-order valence-corrected chi connectivity index (χ1v) is 8.83. The number of carbonyl (C=O) groups excluding carboxylic acids is 1. The lowest BCUT2D eigenvalue weighted by molar-refractivity contribution is 0.0744. The molecule has 0 saturated heterocycles. The highest BCUT2D eigenvalue weighted by Gasteiger charge is 2.10. The third-order valence-electron chi connectivity index (χ3n) is 3.67. The van der Waals surface area contributed by atoms with Gasteiger partial charge in [-0.15, -0.1) is 0 Å². The standard InChI is InChI=1S/C19H23BrN2O3/c1-21-19(24)15-5-3-14(4-6-15)11-22(2)12-17(23)13-25-18-9-7-16(20)8-10-18/h3-10,17,23H,11-13H2,1-2H3,(H,21,24). The van der Waals surface area contributed by atoms with E-state index in [1.54, 1.807) is 19.2 Å². The van der Waals surface area contributed by atoms with Crippen molar-refractivity contribution in [2.24, 2.45) is 0 Å². The van der Waals surface area contributed by atoms with E-state index >= 15 is 0 Å². The van der Waals surface area contributed by atoms with E-state index in [1.165, 1.54) is 0 Å². The third-order valence-corrected chi connectivity index (χ3v) is 4.20. The molecule has 0 bridgehead atoms. The van der Waals surface area contributed by atoms with Crippen LogP contribution in [0.25, 0.3) is 0 Å². The monoisotopic (exact) mass is 406 g/mol. The number of ether oxygens (including phenoxy) is 1. The second-order valence-corrected chi connectivity index (χ2v) is 6.81. The molecule has 0 aliphatic heterocycles. The summed E-state index contributed by atoms with van der Waals surface area (Å²) in [7, 11) is 3.55. The molecule has 2 aromatic carbocycles. The van der Waals surface area contributed by atoms with Crippen LogP contribution in [0.1, 0.15) is 15.9 Å². The van der Waals surface area contributed by atoms with Crippen molar-refractivity contribution < 1.29 is 14.6 Å². The van der Waals surface area contributed by atoms with E-state index < -0.39 is 6.10 Å². The number of hydrogen-bond donors (Lipinski definition) is 2. The quantitative estimate of drug-likeness (QED) is 0.707. The highest BCUT2D eigenvalue weighted by atomic mass is 79.9. The van der Waals surface area contributed by atoms with Gasteiger partial charge in [-0.1, -0.05) is 28.1 Å². The van der Waals surface area contributed by atoms with E-state index in [4.69, 9.17) is 4.74 Å². The number of aliphatic hydroxyl groups is 1. The SMILES string of the molecule is CNC(=O)c1ccc(CN(C)CC(O)COc2ccc(Br)cc2)cc1. The molecule has 1 atom stereocenters. The lowest BCUT2D eigenvalue weighted by Crippen LogP contribution is -2.32. The number of carbonyl (C=O) groups is 1. The largest absolute Gasteiger partial charge is 0.491 e. The summed E-state index contributed by atoms with van der Waals surface area (Å²) in [5.41, 5.74) is 1.72. The molecule has 2 rings (SSSR count). The molecule has 134 valence electrons. The topological polar surface area (TPSA) is 61.8 Å². The number of nitrogens with zero attached hydrogens (tertiary/aromatic N) is 1. The molecule has 1 amide bonds. The molecule has 0 fully saturated rings. The predicted octanol–water partition coefficient (Wildman–Crippen LogP) is 2.68. The van der Waals surface area contributed by atoms with E-state index in [1.807, 2.05) is 48.3 Å². The van der Waals surface area contributed by atoms with Crippen LogP contribution in [0, 0.1) is 0 Å². The molecular formula is C19H23BrN2O3. The summed E-state index contributed by atoms with van der Waals surface area (Å²) in [6.45, 7) is 1.42. The molecule has 25 heavy (non-hydrogen) atoms. The average Bonchev–Trinajstić information content (AvgIpc) is 2.61. The number of halogens is 1. The lowest BCUT2D eigenvalue weighted by Gasteiger charge is -2.21. The van der Waals surface area contributed by atoms with Gasteiger partial charge >= 0.3 is 0 Å². The second kappa shape index (κ2) is 9.56. The van der Waals surface area contributed by atoms with Crippen LogP contribution in [0.4, 0.5) is 0 Å². The fraction of sp³-hybridized carbons (Fsp3) is 0.316. The zero-order valence-electron chi connectivity index (χ0n) is 14.4. The molecule has 0 saturated carbocycles. The van der Waals surface area contributed by atoms with Gasteiger partial charge < -0.3 is 15.2 Å². The summed E-state index contributed by atoms with van der Waals surface area (Å²) in [4.78, 5) is 13.5. The van der Waals surface area contributed by atoms with Gasteiger partial charge in [0.2, 0.25) is 0 Å². The Labute approximate surface area is 156 Å². The van der Waals surface area contributed by atoms with Crippen LogP contribution in [-0.2, 0) is 6.54 Å². The molecule has 0 aliphatic rings. The minimum atomic E-state index is -0.584. The van der Waals surface area contributed by atoms with Gasteiger partial charge in [0.15, 0.2) is 0 Å². The fourth-order valence-electron chi connectivity index (χ4n) is 2.42. The smallest absolute Gasteiger partial charge is 0.251 e. The molecule has 0 heterocycles. The Morgan fingerprint density at radius 3 is 2.44 bits per heavy atom. The van der Waals surface area contributed by atoms with Crippen LogP contribution in [-0.4, -0.2) is 49.3 Å². The number of hydrogen-bond acceptors (Lipinski definition) is 4.